The highest BCUT2D eigenvalue weighted by Gasteiger charge is 2.14. The molecule has 0 saturated carbocycles. The molecule has 0 atom stereocenters. The fraction of sp³-hybridized carbons (Fsp3) is 0.182. The van der Waals surface area contributed by atoms with E-state index in [0.29, 0.717) is 30.2 Å². The third-order valence-corrected chi connectivity index (χ3v) is 4.48. The van der Waals surface area contributed by atoms with Crippen molar-refractivity contribution in [1.29, 1.82) is 0 Å². The normalized spacial score (nSPS) is 10.9. The molecule has 1 N–H and O–H groups in total. The number of para-hydroxylation sites is 2. The molecule has 0 saturated heterocycles. The molecule has 142 valence electrons. The Morgan fingerprint density at radius 1 is 1.07 bits per heavy atom. The van der Waals surface area contributed by atoms with E-state index in [9.17, 15) is 4.79 Å². The third-order valence-electron chi connectivity index (χ3n) is 4.48. The molecular formula is C22H20N2O4. The highest BCUT2D eigenvalue weighted by atomic mass is 16.5. The first kappa shape index (κ1) is 17.9. The minimum absolute atomic E-state index is 0.112. The molecule has 2 heterocycles. The van der Waals surface area contributed by atoms with Gasteiger partial charge in [0.05, 0.1) is 19.2 Å². The van der Waals surface area contributed by atoms with Gasteiger partial charge in [-0.25, -0.2) is 0 Å². The molecule has 0 radical (unpaired) electrons. The smallest absolute Gasteiger partial charge is 0.226 e. The second-order valence-electron chi connectivity index (χ2n) is 6.42. The number of hydrogen-bond donors (Lipinski definition) is 1. The quantitative estimate of drug-likeness (QED) is 0.528. The average molecular weight is 376 g/mol. The number of aromatic nitrogens is 1. The van der Waals surface area contributed by atoms with Crippen LogP contribution >= 0.6 is 0 Å². The summed E-state index contributed by atoms with van der Waals surface area (Å²) in [7, 11) is 1.64. The zero-order valence-electron chi connectivity index (χ0n) is 15.5. The van der Waals surface area contributed by atoms with E-state index in [1.54, 1.807) is 13.2 Å². The Kier molecular flexibility index (Phi) is 5.10. The average Bonchev–Trinajstić information content (AvgIpc) is 3.35. The predicted octanol–water partition coefficient (Wildman–Crippen LogP) is 4.00. The zero-order chi connectivity index (χ0) is 19.3. The van der Waals surface area contributed by atoms with Gasteiger partial charge in [-0.1, -0.05) is 41.6 Å². The molecule has 0 spiro atoms. The minimum Gasteiger partial charge on any atom is -0.496 e. The van der Waals surface area contributed by atoms with Crippen molar-refractivity contribution in [2.45, 2.75) is 12.8 Å². The summed E-state index contributed by atoms with van der Waals surface area (Å²) in [5.74, 6) is 1.81. The Labute approximate surface area is 162 Å². The van der Waals surface area contributed by atoms with Gasteiger partial charge in [0.1, 0.15) is 11.3 Å². The number of rotatable bonds is 7. The summed E-state index contributed by atoms with van der Waals surface area (Å²) < 4.78 is 16.4. The van der Waals surface area contributed by atoms with Crippen molar-refractivity contribution < 1.29 is 18.5 Å². The van der Waals surface area contributed by atoms with Crippen molar-refractivity contribution in [3.8, 4) is 17.3 Å². The summed E-state index contributed by atoms with van der Waals surface area (Å²) >= 11 is 0. The summed E-state index contributed by atoms with van der Waals surface area (Å²) in [6, 6.07) is 19.1. The molecule has 4 aromatic rings. The Hall–Kier alpha value is -3.54. The van der Waals surface area contributed by atoms with Crippen LogP contribution < -0.4 is 10.1 Å². The van der Waals surface area contributed by atoms with Gasteiger partial charge in [-0.15, -0.1) is 0 Å². The highest BCUT2D eigenvalue weighted by molar-refractivity contribution is 5.82. The molecule has 2 aromatic heterocycles. The SMILES string of the molecule is COc1ccccc1CCNC(=O)Cc1cc(-c2cc3ccccc3o2)on1. The van der Waals surface area contributed by atoms with Gasteiger partial charge in [0.15, 0.2) is 5.76 Å². The maximum atomic E-state index is 12.2. The Bertz CT molecular complexity index is 1060. The molecule has 28 heavy (non-hydrogen) atoms. The highest BCUT2D eigenvalue weighted by Crippen LogP contribution is 2.28. The van der Waals surface area contributed by atoms with E-state index in [2.05, 4.69) is 10.5 Å². The van der Waals surface area contributed by atoms with Crippen LogP contribution in [0.15, 0.2) is 69.6 Å². The second-order valence-corrected chi connectivity index (χ2v) is 6.42. The molecule has 2 aromatic carbocycles. The molecule has 0 aliphatic rings. The monoisotopic (exact) mass is 376 g/mol. The van der Waals surface area contributed by atoms with Gasteiger partial charge < -0.3 is 19.0 Å². The summed E-state index contributed by atoms with van der Waals surface area (Å²) in [5, 5.41) is 7.87. The van der Waals surface area contributed by atoms with Gasteiger partial charge in [0.2, 0.25) is 11.7 Å². The lowest BCUT2D eigenvalue weighted by atomic mass is 10.1. The molecule has 6 nitrogen and oxygen atoms in total. The fourth-order valence-corrected chi connectivity index (χ4v) is 3.09. The van der Waals surface area contributed by atoms with Gasteiger partial charge in [-0.2, -0.15) is 0 Å². The van der Waals surface area contributed by atoms with Crippen LogP contribution in [-0.4, -0.2) is 24.7 Å². The van der Waals surface area contributed by atoms with E-state index in [-0.39, 0.29) is 12.3 Å². The summed E-state index contributed by atoms with van der Waals surface area (Å²) in [6.45, 7) is 0.521. The topological polar surface area (TPSA) is 77.5 Å². The Morgan fingerprint density at radius 3 is 2.75 bits per heavy atom. The van der Waals surface area contributed by atoms with Crippen molar-refractivity contribution in [3.63, 3.8) is 0 Å². The van der Waals surface area contributed by atoms with Gasteiger partial charge in [-0.3, -0.25) is 4.79 Å². The number of carbonyl (C=O) groups is 1. The molecular weight excluding hydrogens is 356 g/mol. The molecule has 0 aliphatic heterocycles. The first-order valence-corrected chi connectivity index (χ1v) is 9.06. The van der Waals surface area contributed by atoms with Crippen LogP contribution in [-0.2, 0) is 17.6 Å². The van der Waals surface area contributed by atoms with Crippen LogP contribution in [0, 0.1) is 0 Å². The van der Waals surface area contributed by atoms with Crippen LogP contribution in [0.1, 0.15) is 11.3 Å². The lowest BCUT2D eigenvalue weighted by Gasteiger charge is -2.08. The van der Waals surface area contributed by atoms with E-state index in [1.165, 1.54) is 0 Å². The van der Waals surface area contributed by atoms with Crippen LogP contribution in [0.25, 0.3) is 22.5 Å². The molecule has 1 amide bonds. The number of methoxy groups -OCH3 is 1. The summed E-state index contributed by atoms with van der Waals surface area (Å²) in [5.41, 5.74) is 2.40. The Morgan fingerprint density at radius 2 is 1.89 bits per heavy atom. The van der Waals surface area contributed by atoms with Crippen LogP contribution in [0.2, 0.25) is 0 Å². The number of furan rings is 1. The van der Waals surface area contributed by atoms with Gasteiger partial charge in [-0.05, 0) is 30.2 Å². The number of amides is 1. The summed E-state index contributed by atoms with van der Waals surface area (Å²) in [6.07, 6.45) is 0.842. The van der Waals surface area contributed by atoms with Crippen LogP contribution in [0.3, 0.4) is 0 Å². The van der Waals surface area contributed by atoms with Crippen molar-refractivity contribution >= 4 is 16.9 Å². The van der Waals surface area contributed by atoms with Gasteiger partial charge in [0, 0.05) is 18.0 Å². The fourth-order valence-electron chi connectivity index (χ4n) is 3.09. The zero-order valence-corrected chi connectivity index (χ0v) is 15.5. The standard InChI is InChI=1S/C22H20N2O4/c1-26-18-8-4-2-6-15(18)10-11-23-22(25)14-17-13-21(28-24-17)20-12-16-7-3-5-9-19(16)27-20/h2-9,12-13H,10-11,14H2,1H3,(H,23,25). The van der Waals surface area contributed by atoms with Crippen molar-refractivity contribution in [2.75, 3.05) is 13.7 Å². The Balaban J connectivity index is 1.34. The third kappa shape index (κ3) is 3.91. The number of carbonyl (C=O) groups excluding carboxylic acids is 1. The van der Waals surface area contributed by atoms with E-state index >= 15 is 0 Å². The van der Waals surface area contributed by atoms with Crippen molar-refractivity contribution in [3.05, 3.63) is 71.9 Å². The second kappa shape index (κ2) is 8.00. The van der Waals surface area contributed by atoms with Crippen molar-refractivity contribution in [1.82, 2.24) is 10.5 Å². The van der Waals surface area contributed by atoms with E-state index in [4.69, 9.17) is 13.7 Å². The van der Waals surface area contributed by atoms with Crippen LogP contribution in [0.4, 0.5) is 0 Å². The molecule has 4 rings (SSSR count). The molecule has 0 fully saturated rings. The molecule has 0 unspecified atom stereocenters. The number of hydrogen-bond acceptors (Lipinski definition) is 5. The van der Waals surface area contributed by atoms with Crippen molar-refractivity contribution in [2.24, 2.45) is 0 Å². The number of nitrogens with zero attached hydrogens (tertiary/aromatic N) is 1. The molecule has 6 heteroatoms. The molecule has 0 aliphatic carbocycles. The minimum atomic E-state index is -0.112. The van der Waals surface area contributed by atoms with Gasteiger partial charge in [0.25, 0.3) is 0 Å². The number of benzene rings is 2. The van der Waals surface area contributed by atoms with E-state index in [1.807, 2.05) is 54.6 Å². The van der Waals surface area contributed by atoms with Gasteiger partial charge >= 0.3 is 0 Å². The number of fused-ring (bicyclic) bond motifs is 1. The lowest BCUT2D eigenvalue weighted by molar-refractivity contribution is -0.120. The first-order chi connectivity index (χ1) is 13.7. The number of nitrogens with one attached hydrogen (secondary N) is 1. The summed E-state index contributed by atoms with van der Waals surface area (Å²) in [4.78, 5) is 12.2. The number of ether oxygens (including phenoxy) is 1. The van der Waals surface area contributed by atoms with E-state index in [0.717, 1.165) is 22.3 Å². The lowest BCUT2D eigenvalue weighted by Crippen LogP contribution is -2.27. The predicted molar refractivity (Wildman–Crippen MR) is 105 cm³/mol. The maximum Gasteiger partial charge on any atom is 0.226 e. The molecule has 0 bridgehead atoms. The first-order valence-electron chi connectivity index (χ1n) is 9.06. The van der Waals surface area contributed by atoms with Crippen LogP contribution in [0.5, 0.6) is 5.75 Å². The largest absolute Gasteiger partial charge is 0.496 e. The maximum absolute atomic E-state index is 12.2. The van der Waals surface area contributed by atoms with E-state index < -0.39 is 0 Å².